The average molecular weight is 468 g/mol. The molecule has 0 atom stereocenters. The van der Waals surface area contributed by atoms with Gasteiger partial charge in [0.15, 0.2) is 4.80 Å². The Bertz CT molecular complexity index is 1280. The van der Waals surface area contributed by atoms with E-state index in [9.17, 15) is 18.0 Å². The van der Waals surface area contributed by atoms with Gasteiger partial charge >= 0.3 is 5.97 Å². The Labute approximate surface area is 181 Å². The van der Waals surface area contributed by atoms with Gasteiger partial charge in [0.25, 0.3) is 5.91 Å². The number of rotatable bonds is 6. The molecule has 0 saturated carbocycles. The van der Waals surface area contributed by atoms with E-state index in [0.717, 1.165) is 16.9 Å². The zero-order valence-corrected chi connectivity index (χ0v) is 18.3. The third-order valence-electron chi connectivity index (χ3n) is 4.06. The van der Waals surface area contributed by atoms with Gasteiger partial charge in [0.05, 0.1) is 28.1 Å². The summed E-state index contributed by atoms with van der Waals surface area (Å²) in [5, 5.41) is 5.76. The smallest absolute Gasteiger partial charge is 0.326 e. The maximum Gasteiger partial charge on any atom is 0.326 e. The summed E-state index contributed by atoms with van der Waals surface area (Å²) in [5.41, 5.74) is 1.28. The zero-order chi connectivity index (χ0) is 21.9. The fourth-order valence-corrected chi connectivity index (χ4v) is 4.55. The predicted octanol–water partition coefficient (Wildman–Crippen LogP) is 2.24. The molecule has 3 rings (SSSR count). The number of sulfonamides is 1. The Morgan fingerprint density at radius 3 is 2.53 bits per heavy atom. The van der Waals surface area contributed by atoms with Gasteiger partial charge in [0.2, 0.25) is 10.0 Å². The number of esters is 1. The first kappa shape index (κ1) is 22.2. The van der Waals surface area contributed by atoms with Crippen LogP contribution in [0.1, 0.15) is 12.5 Å². The number of thiazole rings is 1. The SMILES string of the molecule is CCOC(=O)Cn1c(=NC(=O)Cc2ccc(Cl)cc2)sc2cc(S(N)(=O)=O)ccc21. The largest absolute Gasteiger partial charge is 0.465 e. The second-order valence-electron chi connectivity index (χ2n) is 6.26. The quantitative estimate of drug-likeness (QED) is 0.557. The number of primary sulfonamides is 1. The lowest BCUT2D eigenvalue weighted by molar-refractivity contribution is -0.143. The van der Waals surface area contributed by atoms with Crippen LogP contribution in [0, 0.1) is 0 Å². The third kappa shape index (κ3) is 5.33. The first-order valence-corrected chi connectivity index (χ1v) is 11.6. The van der Waals surface area contributed by atoms with E-state index in [1.165, 1.54) is 22.8 Å². The lowest BCUT2D eigenvalue weighted by Crippen LogP contribution is -2.23. The Morgan fingerprint density at radius 2 is 1.90 bits per heavy atom. The number of fused-ring (bicyclic) bond motifs is 1. The molecule has 1 amide bonds. The van der Waals surface area contributed by atoms with E-state index in [1.54, 1.807) is 31.2 Å². The molecular formula is C19H18ClN3O5S2. The highest BCUT2D eigenvalue weighted by molar-refractivity contribution is 7.89. The van der Waals surface area contributed by atoms with E-state index in [4.69, 9.17) is 21.5 Å². The van der Waals surface area contributed by atoms with Gasteiger partial charge in [-0.1, -0.05) is 35.1 Å². The molecule has 0 spiro atoms. The molecule has 0 fully saturated rings. The van der Waals surface area contributed by atoms with Crippen molar-refractivity contribution in [3.05, 3.63) is 57.9 Å². The van der Waals surface area contributed by atoms with Crippen LogP contribution in [0.4, 0.5) is 0 Å². The highest BCUT2D eigenvalue weighted by Gasteiger charge is 2.15. The summed E-state index contributed by atoms with van der Waals surface area (Å²) in [4.78, 5) is 28.9. The molecule has 8 nitrogen and oxygen atoms in total. The fraction of sp³-hybridized carbons (Fsp3) is 0.211. The number of hydrogen-bond donors (Lipinski definition) is 1. The molecule has 158 valence electrons. The molecule has 0 aliphatic carbocycles. The van der Waals surface area contributed by atoms with Crippen molar-refractivity contribution in [2.24, 2.45) is 10.1 Å². The Hall–Kier alpha value is -2.53. The van der Waals surface area contributed by atoms with Gasteiger partial charge in [0, 0.05) is 5.02 Å². The number of carbonyl (C=O) groups is 2. The monoisotopic (exact) mass is 467 g/mol. The molecule has 1 aromatic heterocycles. The first-order valence-electron chi connectivity index (χ1n) is 8.81. The van der Waals surface area contributed by atoms with Crippen molar-refractivity contribution in [1.82, 2.24) is 4.57 Å². The zero-order valence-electron chi connectivity index (χ0n) is 15.9. The van der Waals surface area contributed by atoms with E-state index in [0.29, 0.717) is 15.2 Å². The molecule has 0 saturated heterocycles. The molecule has 0 aliphatic rings. The number of nitrogens with two attached hydrogens (primary N) is 1. The van der Waals surface area contributed by atoms with E-state index in [1.807, 2.05) is 0 Å². The standard InChI is InChI=1S/C19H18ClN3O5S2/c1-2-28-18(25)11-23-15-8-7-14(30(21,26)27)10-16(15)29-19(23)22-17(24)9-12-3-5-13(20)6-4-12/h3-8,10H,2,9,11H2,1H3,(H2,21,26,27). The minimum atomic E-state index is -3.90. The minimum absolute atomic E-state index is 0.0489. The molecule has 1 heterocycles. The van der Waals surface area contributed by atoms with Crippen LogP contribution < -0.4 is 9.94 Å². The number of ether oxygens (including phenoxy) is 1. The molecule has 3 aromatic rings. The summed E-state index contributed by atoms with van der Waals surface area (Å²) in [6, 6.07) is 11.1. The third-order valence-corrected chi connectivity index (χ3v) is 6.27. The topological polar surface area (TPSA) is 121 Å². The Morgan fingerprint density at radius 1 is 1.20 bits per heavy atom. The normalized spacial score (nSPS) is 12.3. The summed E-state index contributed by atoms with van der Waals surface area (Å²) in [7, 11) is -3.90. The van der Waals surface area contributed by atoms with Crippen LogP contribution in [0.3, 0.4) is 0 Å². The lowest BCUT2D eigenvalue weighted by atomic mass is 10.1. The molecule has 11 heteroatoms. The molecule has 0 aliphatic heterocycles. The molecule has 2 N–H and O–H groups in total. The molecule has 2 aromatic carbocycles. The summed E-state index contributed by atoms with van der Waals surface area (Å²) < 4.78 is 30.3. The van der Waals surface area contributed by atoms with E-state index in [-0.39, 0.29) is 29.3 Å². The van der Waals surface area contributed by atoms with Crippen molar-refractivity contribution in [3.8, 4) is 0 Å². The number of aromatic nitrogens is 1. The van der Waals surface area contributed by atoms with Gasteiger partial charge in [-0.05, 0) is 42.8 Å². The molecule has 0 unspecified atom stereocenters. The van der Waals surface area contributed by atoms with Crippen LogP contribution in [0.15, 0.2) is 52.4 Å². The summed E-state index contributed by atoms with van der Waals surface area (Å²) >= 11 is 6.94. The van der Waals surface area contributed by atoms with Crippen molar-refractivity contribution in [1.29, 1.82) is 0 Å². The Kier molecular flexibility index (Phi) is 6.71. The summed E-state index contributed by atoms with van der Waals surface area (Å²) in [6.45, 7) is 1.72. The maximum atomic E-state index is 12.5. The number of benzene rings is 2. The summed E-state index contributed by atoms with van der Waals surface area (Å²) in [6.07, 6.45) is 0.0489. The van der Waals surface area contributed by atoms with Crippen LogP contribution in [0.5, 0.6) is 0 Å². The number of amides is 1. The van der Waals surface area contributed by atoms with Crippen LogP contribution in [0.2, 0.25) is 5.02 Å². The van der Waals surface area contributed by atoms with Gasteiger partial charge < -0.3 is 9.30 Å². The summed E-state index contributed by atoms with van der Waals surface area (Å²) in [5.74, 6) is -0.924. The van der Waals surface area contributed by atoms with Gasteiger partial charge in [-0.2, -0.15) is 4.99 Å². The van der Waals surface area contributed by atoms with Crippen molar-refractivity contribution in [2.45, 2.75) is 24.8 Å². The first-order chi connectivity index (χ1) is 14.2. The number of nitrogens with zero attached hydrogens (tertiary/aromatic N) is 2. The average Bonchev–Trinajstić information content (AvgIpc) is 2.99. The maximum absolute atomic E-state index is 12.5. The van der Waals surface area contributed by atoms with Gasteiger partial charge in [-0.3, -0.25) is 9.59 Å². The number of hydrogen-bond acceptors (Lipinski definition) is 6. The lowest BCUT2D eigenvalue weighted by Gasteiger charge is -2.05. The molecule has 0 bridgehead atoms. The van der Waals surface area contributed by atoms with E-state index < -0.39 is 21.9 Å². The number of halogens is 1. The van der Waals surface area contributed by atoms with Crippen molar-refractivity contribution < 1.29 is 22.7 Å². The predicted molar refractivity (Wildman–Crippen MR) is 114 cm³/mol. The highest BCUT2D eigenvalue weighted by Crippen LogP contribution is 2.21. The van der Waals surface area contributed by atoms with Crippen LogP contribution >= 0.6 is 22.9 Å². The second kappa shape index (κ2) is 9.09. The van der Waals surface area contributed by atoms with E-state index >= 15 is 0 Å². The van der Waals surface area contributed by atoms with Gasteiger partial charge in [-0.15, -0.1) is 0 Å². The fourth-order valence-electron chi connectivity index (χ4n) is 2.73. The van der Waals surface area contributed by atoms with Gasteiger partial charge in [0.1, 0.15) is 6.54 Å². The van der Waals surface area contributed by atoms with Crippen molar-refractivity contribution in [3.63, 3.8) is 0 Å². The van der Waals surface area contributed by atoms with Crippen LogP contribution in [-0.2, 0) is 37.3 Å². The number of carbonyl (C=O) groups excluding carboxylic acids is 2. The molecule has 30 heavy (non-hydrogen) atoms. The Balaban J connectivity index is 2.05. The highest BCUT2D eigenvalue weighted by atomic mass is 35.5. The molecule has 0 radical (unpaired) electrons. The van der Waals surface area contributed by atoms with E-state index in [2.05, 4.69) is 4.99 Å². The van der Waals surface area contributed by atoms with Gasteiger partial charge in [-0.25, -0.2) is 13.6 Å². The van der Waals surface area contributed by atoms with Crippen molar-refractivity contribution >= 4 is 55.1 Å². The second-order valence-corrected chi connectivity index (χ2v) is 9.27. The minimum Gasteiger partial charge on any atom is -0.465 e. The van der Waals surface area contributed by atoms with Crippen LogP contribution in [-0.4, -0.2) is 31.5 Å². The van der Waals surface area contributed by atoms with Crippen molar-refractivity contribution in [2.75, 3.05) is 6.61 Å². The molecular weight excluding hydrogens is 450 g/mol. The van der Waals surface area contributed by atoms with Crippen LogP contribution in [0.25, 0.3) is 10.2 Å².